The predicted octanol–water partition coefficient (Wildman–Crippen LogP) is 4.83. The molecule has 7 nitrogen and oxygen atoms in total. The molecule has 1 saturated heterocycles. The minimum absolute atomic E-state index is 0.127. The molecular formula is C23H29ClN6OS. The summed E-state index contributed by atoms with van der Waals surface area (Å²) in [4.78, 5) is 14.4. The summed E-state index contributed by atoms with van der Waals surface area (Å²) in [5.41, 5.74) is 5.01. The molecule has 2 unspecified atom stereocenters. The molecule has 170 valence electrons. The molecule has 1 saturated carbocycles. The van der Waals surface area contributed by atoms with Crippen molar-refractivity contribution in [3.8, 4) is 0 Å². The molecule has 1 aromatic carbocycles. The van der Waals surface area contributed by atoms with E-state index in [1.807, 2.05) is 36.7 Å². The summed E-state index contributed by atoms with van der Waals surface area (Å²) in [6.07, 6.45) is 8.64. The average molecular weight is 473 g/mol. The van der Waals surface area contributed by atoms with Crippen molar-refractivity contribution in [2.24, 2.45) is 5.92 Å². The van der Waals surface area contributed by atoms with Gasteiger partial charge in [-0.1, -0.05) is 31.0 Å². The van der Waals surface area contributed by atoms with Gasteiger partial charge in [-0.3, -0.25) is 0 Å². The Morgan fingerprint density at radius 2 is 1.81 bits per heavy atom. The van der Waals surface area contributed by atoms with Crippen LogP contribution >= 0.6 is 11.6 Å². The molecule has 1 N–H and O–H groups in total. The van der Waals surface area contributed by atoms with Crippen LogP contribution in [0.1, 0.15) is 51.5 Å². The largest absolute Gasteiger partial charge is 0.611 e. The summed E-state index contributed by atoms with van der Waals surface area (Å²) in [5, 5.41) is 2.53. The third kappa shape index (κ3) is 4.46. The highest BCUT2D eigenvalue weighted by atomic mass is 35.5. The standard InChI is InChI=1S/C23H29ClN6OS/c1-16(32(31)19-9-3-2-4-10-19)17-11-13-29(14-12-17)28-21-20-22(27-23(24)26-21)30(15-25-20)18-7-5-6-8-18/h2-4,9-10,15-18H,5-8,11-14H2,1H3,(H,26,27,28). The van der Waals surface area contributed by atoms with Crippen LogP contribution in [0.3, 0.4) is 0 Å². The Morgan fingerprint density at radius 1 is 1.09 bits per heavy atom. The van der Waals surface area contributed by atoms with Gasteiger partial charge in [-0.2, -0.15) is 9.97 Å². The van der Waals surface area contributed by atoms with Crippen LogP contribution in [0.15, 0.2) is 41.6 Å². The van der Waals surface area contributed by atoms with Crippen molar-refractivity contribution < 1.29 is 4.55 Å². The SMILES string of the molecule is CC(C1CCN(Nc2nc(Cl)nc3c2ncn3C2CCCC2)CC1)[S+]([O-])c1ccccc1. The van der Waals surface area contributed by atoms with Crippen LogP contribution in [-0.2, 0) is 11.2 Å². The Morgan fingerprint density at radius 3 is 2.53 bits per heavy atom. The highest BCUT2D eigenvalue weighted by Gasteiger charge is 2.32. The zero-order valence-corrected chi connectivity index (χ0v) is 19.9. The molecule has 2 atom stereocenters. The molecule has 5 rings (SSSR count). The number of benzene rings is 1. The van der Waals surface area contributed by atoms with Crippen LogP contribution < -0.4 is 5.43 Å². The van der Waals surface area contributed by atoms with Gasteiger partial charge in [-0.25, -0.2) is 9.99 Å². The Balaban J connectivity index is 1.25. The number of rotatable bonds is 6. The van der Waals surface area contributed by atoms with Gasteiger partial charge < -0.3 is 14.5 Å². The number of fused-ring (bicyclic) bond motifs is 1. The van der Waals surface area contributed by atoms with E-state index < -0.39 is 11.2 Å². The molecule has 0 amide bonds. The highest BCUT2D eigenvalue weighted by molar-refractivity contribution is 7.92. The Bertz CT molecular complexity index is 1050. The van der Waals surface area contributed by atoms with E-state index in [4.69, 9.17) is 11.6 Å². The van der Waals surface area contributed by atoms with Gasteiger partial charge in [-0.15, -0.1) is 0 Å². The first-order valence-electron chi connectivity index (χ1n) is 11.5. The molecule has 0 spiro atoms. The van der Waals surface area contributed by atoms with Crippen molar-refractivity contribution in [2.45, 2.75) is 61.6 Å². The number of nitrogens with zero attached hydrogens (tertiary/aromatic N) is 5. The first kappa shape index (κ1) is 21.9. The van der Waals surface area contributed by atoms with Crippen LogP contribution in [0.5, 0.6) is 0 Å². The summed E-state index contributed by atoms with van der Waals surface area (Å²) in [7, 11) is 0. The number of piperidine rings is 1. The maximum atomic E-state index is 13.0. The Hall–Kier alpha value is -1.87. The molecule has 3 heterocycles. The van der Waals surface area contributed by atoms with Crippen molar-refractivity contribution in [3.05, 3.63) is 41.9 Å². The number of halogens is 1. The van der Waals surface area contributed by atoms with Gasteiger partial charge in [-0.05, 0) is 67.5 Å². The predicted molar refractivity (Wildman–Crippen MR) is 128 cm³/mol. The normalized spacial score (nSPS) is 20.6. The minimum atomic E-state index is -0.985. The molecule has 0 bridgehead atoms. The molecule has 0 radical (unpaired) electrons. The molecule has 2 aromatic heterocycles. The maximum Gasteiger partial charge on any atom is 0.226 e. The molecule has 32 heavy (non-hydrogen) atoms. The van der Waals surface area contributed by atoms with E-state index in [-0.39, 0.29) is 10.5 Å². The van der Waals surface area contributed by atoms with Crippen molar-refractivity contribution in [1.82, 2.24) is 24.5 Å². The molecule has 1 aliphatic carbocycles. The van der Waals surface area contributed by atoms with Crippen molar-refractivity contribution in [2.75, 3.05) is 18.5 Å². The Labute approximate surface area is 196 Å². The topological polar surface area (TPSA) is 81.9 Å². The van der Waals surface area contributed by atoms with E-state index in [0.29, 0.717) is 17.8 Å². The fourth-order valence-corrected chi connectivity index (χ4v) is 6.63. The van der Waals surface area contributed by atoms with Gasteiger partial charge in [0.15, 0.2) is 21.9 Å². The molecule has 9 heteroatoms. The molecule has 1 aliphatic heterocycles. The lowest BCUT2D eigenvalue weighted by Crippen LogP contribution is -2.42. The zero-order valence-electron chi connectivity index (χ0n) is 18.3. The molecular weight excluding hydrogens is 444 g/mol. The lowest BCUT2D eigenvalue weighted by molar-refractivity contribution is 0.214. The second-order valence-electron chi connectivity index (χ2n) is 8.86. The van der Waals surface area contributed by atoms with Gasteiger partial charge in [0.05, 0.1) is 6.33 Å². The third-order valence-corrected chi connectivity index (χ3v) is 8.86. The third-order valence-electron chi connectivity index (χ3n) is 6.89. The first-order valence-corrected chi connectivity index (χ1v) is 13.1. The molecule has 2 fully saturated rings. The number of imidazole rings is 1. The van der Waals surface area contributed by atoms with Gasteiger partial charge in [0.25, 0.3) is 0 Å². The van der Waals surface area contributed by atoms with Gasteiger partial charge in [0, 0.05) is 25.0 Å². The van der Waals surface area contributed by atoms with Crippen molar-refractivity contribution >= 4 is 39.8 Å². The minimum Gasteiger partial charge on any atom is -0.611 e. The smallest absolute Gasteiger partial charge is 0.226 e. The quantitative estimate of drug-likeness (QED) is 0.408. The van der Waals surface area contributed by atoms with Crippen LogP contribution in [0.25, 0.3) is 11.2 Å². The van der Waals surface area contributed by atoms with Crippen LogP contribution in [-0.4, -0.2) is 47.4 Å². The fraction of sp³-hybridized carbons (Fsp3) is 0.522. The van der Waals surface area contributed by atoms with Gasteiger partial charge in [0.2, 0.25) is 5.28 Å². The van der Waals surface area contributed by atoms with E-state index in [1.54, 1.807) is 0 Å². The molecule has 3 aromatic rings. The monoisotopic (exact) mass is 472 g/mol. The van der Waals surface area contributed by atoms with E-state index >= 15 is 0 Å². The highest BCUT2D eigenvalue weighted by Crippen LogP contribution is 2.34. The average Bonchev–Trinajstić information content (AvgIpc) is 3.49. The van der Waals surface area contributed by atoms with Crippen LogP contribution in [0.2, 0.25) is 5.28 Å². The molecule has 2 aliphatic rings. The van der Waals surface area contributed by atoms with Crippen LogP contribution in [0.4, 0.5) is 5.82 Å². The number of aromatic nitrogens is 4. The fourth-order valence-electron chi connectivity index (χ4n) is 4.99. The summed E-state index contributed by atoms with van der Waals surface area (Å²) < 4.78 is 15.1. The lowest BCUT2D eigenvalue weighted by Gasteiger charge is -2.35. The maximum absolute atomic E-state index is 13.0. The summed E-state index contributed by atoms with van der Waals surface area (Å²) in [6.45, 7) is 3.82. The zero-order chi connectivity index (χ0) is 22.1. The number of nitrogens with one attached hydrogen (secondary N) is 1. The number of hydrogen-bond donors (Lipinski definition) is 1. The Kier molecular flexibility index (Phi) is 6.55. The summed E-state index contributed by atoms with van der Waals surface area (Å²) in [5.74, 6) is 1.08. The first-order chi connectivity index (χ1) is 15.6. The summed E-state index contributed by atoms with van der Waals surface area (Å²) in [6, 6.07) is 10.2. The lowest BCUT2D eigenvalue weighted by atomic mass is 9.95. The number of hydrazine groups is 1. The van der Waals surface area contributed by atoms with E-state index in [0.717, 1.165) is 54.8 Å². The van der Waals surface area contributed by atoms with Crippen molar-refractivity contribution in [1.29, 1.82) is 0 Å². The van der Waals surface area contributed by atoms with E-state index in [2.05, 4.69) is 36.9 Å². The van der Waals surface area contributed by atoms with Gasteiger partial charge >= 0.3 is 0 Å². The second-order valence-corrected chi connectivity index (χ2v) is 11.0. The number of hydrogen-bond acceptors (Lipinski definition) is 6. The van der Waals surface area contributed by atoms with Gasteiger partial charge in [0.1, 0.15) is 5.25 Å². The summed E-state index contributed by atoms with van der Waals surface area (Å²) >= 11 is 5.29. The number of anilines is 1. The van der Waals surface area contributed by atoms with Crippen molar-refractivity contribution in [3.63, 3.8) is 0 Å². The van der Waals surface area contributed by atoms with Crippen LogP contribution in [0, 0.1) is 5.92 Å². The van der Waals surface area contributed by atoms with E-state index in [1.165, 1.54) is 12.8 Å². The van der Waals surface area contributed by atoms with E-state index in [9.17, 15) is 4.55 Å². The second kappa shape index (κ2) is 9.55.